The van der Waals surface area contributed by atoms with E-state index in [1.54, 1.807) is 108 Å². The average Bonchev–Trinajstić information content (AvgIpc) is 2.94. The van der Waals surface area contributed by atoms with Gasteiger partial charge in [-0.05, 0) is 59.7 Å². The van der Waals surface area contributed by atoms with E-state index in [1.165, 1.54) is 0 Å². The van der Waals surface area contributed by atoms with Crippen molar-refractivity contribution < 1.29 is 34.0 Å². The van der Waals surface area contributed by atoms with Crippen LogP contribution in [-0.4, -0.2) is 43.6 Å². The first-order chi connectivity index (χ1) is 17.3. The van der Waals surface area contributed by atoms with Gasteiger partial charge in [-0.25, -0.2) is 4.79 Å². The number of rotatable bonds is 11. The Morgan fingerprint density at radius 3 is 1.50 bits per heavy atom. The number of methoxy groups -OCH3 is 3. The molecule has 3 rings (SSSR count). The number of aliphatic hydroxyl groups is 2. The molecule has 0 aliphatic carbocycles. The van der Waals surface area contributed by atoms with Crippen LogP contribution in [0.15, 0.2) is 72.8 Å². The molecule has 0 saturated heterocycles. The monoisotopic (exact) mass is 494 g/mol. The van der Waals surface area contributed by atoms with Crippen molar-refractivity contribution in [1.29, 1.82) is 0 Å². The van der Waals surface area contributed by atoms with Crippen molar-refractivity contribution in [2.45, 2.75) is 32.2 Å². The average molecular weight is 495 g/mol. The van der Waals surface area contributed by atoms with Crippen LogP contribution >= 0.6 is 0 Å². The molecule has 5 atom stereocenters. The van der Waals surface area contributed by atoms with Crippen LogP contribution in [0.2, 0.25) is 0 Å². The molecule has 0 heterocycles. The summed E-state index contributed by atoms with van der Waals surface area (Å²) in [5.74, 6) is 0.356. The summed E-state index contributed by atoms with van der Waals surface area (Å²) < 4.78 is 21.5. The second-order valence-corrected chi connectivity index (χ2v) is 8.75. The lowest BCUT2D eigenvalue weighted by Gasteiger charge is -2.33. The van der Waals surface area contributed by atoms with E-state index in [0.717, 1.165) is 0 Å². The van der Waals surface area contributed by atoms with Gasteiger partial charge in [0.15, 0.2) is 0 Å². The molecular weight excluding hydrogens is 460 g/mol. The van der Waals surface area contributed by atoms with Crippen LogP contribution in [-0.2, 0) is 4.74 Å². The van der Waals surface area contributed by atoms with E-state index in [2.05, 4.69) is 0 Å². The van der Waals surface area contributed by atoms with Gasteiger partial charge in [-0.3, -0.25) is 0 Å². The Morgan fingerprint density at radius 1 is 0.639 bits per heavy atom. The quantitative estimate of drug-likeness (QED) is 0.363. The second-order valence-electron chi connectivity index (χ2n) is 8.75. The Balaban J connectivity index is 1.84. The maximum Gasteiger partial charge on any atom is 0.338 e. The highest BCUT2D eigenvalue weighted by atomic mass is 16.5. The Labute approximate surface area is 212 Å². The molecule has 3 aromatic carbocycles. The van der Waals surface area contributed by atoms with Crippen LogP contribution in [0.4, 0.5) is 0 Å². The standard InChI is InChI=1S/C29H34O7/c1-18(27(31)20-6-12-23(33-3)13-7-20)26(30)19(2)28(21-8-14-24(34-4)15-9-21)36-29(32)22-10-16-25(35-5)17-11-22/h6-19,26-28,30-31H,1-5H3/t18-,19+,26+,27-,28+/m0/s1. The fourth-order valence-corrected chi connectivity index (χ4v) is 4.13. The molecule has 7 nitrogen and oxygen atoms in total. The topological polar surface area (TPSA) is 94.5 Å². The molecule has 3 aromatic rings. The number of aliphatic hydroxyl groups excluding tert-OH is 2. The van der Waals surface area contributed by atoms with Crippen LogP contribution < -0.4 is 14.2 Å². The summed E-state index contributed by atoms with van der Waals surface area (Å²) in [5.41, 5.74) is 1.73. The first kappa shape index (κ1) is 27.0. The highest BCUT2D eigenvalue weighted by molar-refractivity contribution is 5.89. The summed E-state index contributed by atoms with van der Waals surface area (Å²) in [6.07, 6.45) is -2.69. The van der Waals surface area contributed by atoms with Gasteiger partial charge in [0, 0.05) is 11.8 Å². The lowest BCUT2D eigenvalue weighted by molar-refractivity contribution is -0.0552. The number of esters is 1. The van der Waals surface area contributed by atoms with Crippen molar-refractivity contribution in [2.75, 3.05) is 21.3 Å². The van der Waals surface area contributed by atoms with Gasteiger partial charge >= 0.3 is 5.97 Å². The number of benzene rings is 3. The zero-order valence-corrected chi connectivity index (χ0v) is 21.3. The van der Waals surface area contributed by atoms with Crippen LogP contribution in [0.5, 0.6) is 17.2 Å². The van der Waals surface area contributed by atoms with Crippen molar-refractivity contribution >= 4 is 5.97 Å². The second kappa shape index (κ2) is 12.4. The Kier molecular flexibility index (Phi) is 9.33. The highest BCUT2D eigenvalue weighted by Gasteiger charge is 2.35. The van der Waals surface area contributed by atoms with E-state index in [4.69, 9.17) is 18.9 Å². The third kappa shape index (κ3) is 6.36. The molecule has 0 bridgehead atoms. The molecule has 0 aliphatic rings. The van der Waals surface area contributed by atoms with E-state index < -0.39 is 36.1 Å². The van der Waals surface area contributed by atoms with Crippen LogP contribution in [0.25, 0.3) is 0 Å². The largest absolute Gasteiger partial charge is 0.497 e. The Morgan fingerprint density at radius 2 is 1.06 bits per heavy atom. The smallest absolute Gasteiger partial charge is 0.338 e. The van der Waals surface area contributed by atoms with Crippen molar-refractivity contribution in [1.82, 2.24) is 0 Å². The SMILES string of the molecule is COc1ccc(C(=O)O[C@@H](c2ccc(OC)cc2)[C@H](C)[C@H](O)[C@H](C)[C@H](O)c2ccc(OC)cc2)cc1. The van der Waals surface area contributed by atoms with E-state index in [1.807, 2.05) is 0 Å². The Hall–Kier alpha value is -3.55. The third-order valence-electron chi connectivity index (χ3n) is 6.51. The minimum Gasteiger partial charge on any atom is -0.497 e. The molecule has 0 fully saturated rings. The van der Waals surface area contributed by atoms with Gasteiger partial charge in [0.1, 0.15) is 23.4 Å². The minimum atomic E-state index is -0.988. The van der Waals surface area contributed by atoms with Gasteiger partial charge in [-0.2, -0.15) is 0 Å². The summed E-state index contributed by atoms with van der Waals surface area (Å²) in [4.78, 5) is 13.0. The first-order valence-electron chi connectivity index (χ1n) is 11.8. The normalized spacial score (nSPS) is 15.2. The molecular formula is C29H34O7. The number of carbonyl (C=O) groups is 1. The van der Waals surface area contributed by atoms with Crippen molar-refractivity contribution in [3.05, 3.63) is 89.5 Å². The van der Waals surface area contributed by atoms with Crippen molar-refractivity contribution in [2.24, 2.45) is 11.8 Å². The molecule has 192 valence electrons. The molecule has 0 amide bonds. The van der Waals surface area contributed by atoms with Crippen LogP contribution in [0.3, 0.4) is 0 Å². The molecule has 0 aromatic heterocycles. The van der Waals surface area contributed by atoms with Crippen molar-refractivity contribution in [3.63, 3.8) is 0 Å². The molecule has 0 aliphatic heterocycles. The highest BCUT2D eigenvalue weighted by Crippen LogP contribution is 2.36. The maximum absolute atomic E-state index is 13.0. The van der Waals surface area contributed by atoms with Gasteiger partial charge in [-0.1, -0.05) is 38.1 Å². The molecule has 0 unspecified atom stereocenters. The predicted octanol–water partition coefficient (Wildman–Crippen LogP) is 4.98. The molecule has 36 heavy (non-hydrogen) atoms. The van der Waals surface area contributed by atoms with Crippen LogP contribution in [0, 0.1) is 11.8 Å². The van der Waals surface area contributed by atoms with Crippen LogP contribution in [0.1, 0.15) is 47.5 Å². The number of ether oxygens (including phenoxy) is 4. The molecule has 2 N–H and O–H groups in total. The summed E-state index contributed by atoms with van der Waals surface area (Å²) >= 11 is 0. The van der Waals surface area contributed by atoms with E-state index in [0.29, 0.717) is 33.9 Å². The molecule has 0 radical (unpaired) electrons. The summed E-state index contributed by atoms with van der Waals surface area (Å²) in [6.45, 7) is 3.57. The zero-order chi connectivity index (χ0) is 26.2. The Bertz CT molecular complexity index is 1090. The summed E-state index contributed by atoms with van der Waals surface area (Å²) in [5, 5.41) is 22.3. The van der Waals surface area contributed by atoms with Gasteiger partial charge in [0.2, 0.25) is 0 Å². The van der Waals surface area contributed by atoms with E-state index in [-0.39, 0.29) is 0 Å². The summed E-state index contributed by atoms with van der Waals surface area (Å²) in [6, 6.07) is 20.8. The molecule has 0 saturated carbocycles. The molecule has 0 spiro atoms. The minimum absolute atomic E-state index is 0.363. The predicted molar refractivity (Wildman–Crippen MR) is 136 cm³/mol. The van der Waals surface area contributed by atoms with E-state index >= 15 is 0 Å². The van der Waals surface area contributed by atoms with Crippen molar-refractivity contribution in [3.8, 4) is 17.2 Å². The van der Waals surface area contributed by atoms with Gasteiger partial charge < -0.3 is 29.2 Å². The zero-order valence-electron chi connectivity index (χ0n) is 21.3. The number of hydrogen-bond donors (Lipinski definition) is 2. The van der Waals surface area contributed by atoms with E-state index in [9.17, 15) is 15.0 Å². The summed E-state index contributed by atoms with van der Waals surface area (Å²) in [7, 11) is 4.70. The van der Waals surface area contributed by atoms with Gasteiger partial charge in [0.05, 0.1) is 39.1 Å². The lowest BCUT2D eigenvalue weighted by atomic mass is 9.82. The van der Waals surface area contributed by atoms with Gasteiger partial charge in [0.25, 0.3) is 0 Å². The number of hydrogen-bond acceptors (Lipinski definition) is 7. The number of carbonyl (C=O) groups excluding carboxylic acids is 1. The fourth-order valence-electron chi connectivity index (χ4n) is 4.13. The first-order valence-corrected chi connectivity index (χ1v) is 11.8. The van der Waals surface area contributed by atoms with Gasteiger partial charge in [-0.15, -0.1) is 0 Å². The fraction of sp³-hybridized carbons (Fsp3) is 0.345. The molecule has 7 heteroatoms. The lowest BCUT2D eigenvalue weighted by Crippen LogP contribution is -2.35. The third-order valence-corrected chi connectivity index (χ3v) is 6.51. The maximum atomic E-state index is 13.0.